The topological polar surface area (TPSA) is 34.1 Å². The summed E-state index contributed by atoms with van der Waals surface area (Å²) in [6, 6.07) is 8.28. The number of aromatic nitrogens is 1. The monoisotopic (exact) mass is 242 g/mol. The molecular formula is C15H18N2O. The number of rotatable bonds is 4. The van der Waals surface area contributed by atoms with E-state index in [1.54, 1.807) is 7.11 Å². The van der Waals surface area contributed by atoms with Gasteiger partial charge in [-0.05, 0) is 48.9 Å². The van der Waals surface area contributed by atoms with E-state index in [1.807, 2.05) is 25.5 Å². The number of nitrogens with one attached hydrogen (secondary N) is 1. The molecule has 0 bridgehead atoms. The molecule has 1 N–H and O–H groups in total. The van der Waals surface area contributed by atoms with E-state index in [2.05, 4.69) is 35.4 Å². The van der Waals surface area contributed by atoms with Crippen LogP contribution in [0.1, 0.15) is 11.1 Å². The van der Waals surface area contributed by atoms with Crippen LogP contribution in [0.15, 0.2) is 36.7 Å². The molecule has 1 aromatic carbocycles. The van der Waals surface area contributed by atoms with Gasteiger partial charge >= 0.3 is 0 Å². The summed E-state index contributed by atoms with van der Waals surface area (Å²) in [5, 5.41) is 3.18. The van der Waals surface area contributed by atoms with Gasteiger partial charge in [-0.15, -0.1) is 0 Å². The molecule has 0 saturated carbocycles. The van der Waals surface area contributed by atoms with Crippen LogP contribution in [0.4, 0.5) is 0 Å². The number of aryl methyl sites for hydroxylation is 1. The lowest BCUT2D eigenvalue weighted by Crippen LogP contribution is -2.06. The fourth-order valence-corrected chi connectivity index (χ4v) is 2.02. The lowest BCUT2D eigenvalue weighted by Gasteiger charge is -2.11. The normalized spacial score (nSPS) is 10.4. The molecule has 0 fully saturated rings. The lowest BCUT2D eigenvalue weighted by atomic mass is 10.00. The van der Waals surface area contributed by atoms with Crippen LogP contribution in [-0.4, -0.2) is 19.1 Å². The highest BCUT2D eigenvalue weighted by atomic mass is 16.5. The van der Waals surface area contributed by atoms with Gasteiger partial charge in [0.1, 0.15) is 5.75 Å². The lowest BCUT2D eigenvalue weighted by molar-refractivity contribution is 0.414. The van der Waals surface area contributed by atoms with Crippen molar-refractivity contribution in [3.8, 4) is 16.9 Å². The quantitative estimate of drug-likeness (QED) is 0.895. The molecule has 0 radical (unpaired) electrons. The van der Waals surface area contributed by atoms with Gasteiger partial charge in [-0.1, -0.05) is 6.07 Å². The van der Waals surface area contributed by atoms with Crippen molar-refractivity contribution in [1.29, 1.82) is 0 Å². The van der Waals surface area contributed by atoms with E-state index in [9.17, 15) is 0 Å². The van der Waals surface area contributed by atoms with Crippen LogP contribution in [0.25, 0.3) is 11.1 Å². The molecule has 3 heteroatoms. The largest absolute Gasteiger partial charge is 0.497 e. The van der Waals surface area contributed by atoms with Crippen LogP contribution >= 0.6 is 0 Å². The Hall–Kier alpha value is -1.87. The van der Waals surface area contributed by atoms with E-state index in [1.165, 1.54) is 16.7 Å². The molecule has 0 aliphatic heterocycles. The standard InChI is InChI=1S/C15H18N2O/c1-11-6-12(10-17-8-11)15-5-4-14(18-3)7-13(15)9-16-2/h4-8,10,16H,9H2,1-3H3. The Morgan fingerprint density at radius 2 is 2.06 bits per heavy atom. The molecule has 0 aliphatic carbocycles. The minimum atomic E-state index is 0.806. The van der Waals surface area contributed by atoms with Gasteiger partial charge in [0, 0.05) is 24.5 Å². The number of benzene rings is 1. The van der Waals surface area contributed by atoms with Crippen LogP contribution in [0.2, 0.25) is 0 Å². The zero-order chi connectivity index (χ0) is 13.0. The summed E-state index contributed by atoms with van der Waals surface area (Å²) in [5.74, 6) is 0.879. The van der Waals surface area contributed by atoms with Crippen molar-refractivity contribution < 1.29 is 4.74 Å². The molecule has 2 rings (SSSR count). The summed E-state index contributed by atoms with van der Waals surface area (Å²) in [4.78, 5) is 4.25. The molecular weight excluding hydrogens is 224 g/mol. The molecule has 18 heavy (non-hydrogen) atoms. The van der Waals surface area contributed by atoms with Crippen LogP contribution < -0.4 is 10.1 Å². The van der Waals surface area contributed by atoms with Crippen molar-refractivity contribution in [1.82, 2.24) is 10.3 Å². The third-order valence-electron chi connectivity index (χ3n) is 2.87. The molecule has 0 amide bonds. The van der Waals surface area contributed by atoms with E-state index in [0.29, 0.717) is 0 Å². The Labute approximate surface area is 108 Å². The third kappa shape index (κ3) is 2.68. The highest BCUT2D eigenvalue weighted by molar-refractivity contribution is 5.68. The number of ether oxygens (including phenoxy) is 1. The van der Waals surface area contributed by atoms with Crippen LogP contribution in [0.5, 0.6) is 5.75 Å². The van der Waals surface area contributed by atoms with Gasteiger partial charge < -0.3 is 10.1 Å². The summed E-state index contributed by atoms with van der Waals surface area (Å²) >= 11 is 0. The summed E-state index contributed by atoms with van der Waals surface area (Å²) in [6.45, 7) is 2.86. The number of hydrogen-bond donors (Lipinski definition) is 1. The Balaban J connectivity index is 2.49. The summed E-state index contributed by atoms with van der Waals surface area (Å²) in [7, 11) is 3.63. The third-order valence-corrected chi connectivity index (χ3v) is 2.87. The van der Waals surface area contributed by atoms with Gasteiger partial charge in [0.25, 0.3) is 0 Å². The summed E-state index contributed by atoms with van der Waals surface area (Å²) in [5.41, 5.74) is 4.72. The SMILES string of the molecule is CNCc1cc(OC)ccc1-c1cncc(C)c1. The highest BCUT2D eigenvalue weighted by Gasteiger charge is 2.07. The minimum absolute atomic E-state index is 0.806. The predicted molar refractivity (Wildman–Crippen MR) is 73.7 cm³/mol. The molecule has 1 aromatic heterocycles. The smallest absolute Gasteiger partial charge is 0.119 e. The zero-order valence-corrected chi connectivity index (χ0v) is 11.0. The molecule has 94 valence electrons. The first-order chi connectivity index (χ1) is 8.74. The second-order valence-electron chi connectivity index (χ2n) is 4.30. The van der Waals surface area contributed by atoms with Crippen LogP contribution in [0.3, 0.4) is 0 Å². The summed E-state index contributed by atoms with van der Waals surface area (Å²) in [6.07, 6.45) is 3.76. The highest BCUT2D eigenvalue weighted by Crippen LogP contribution is 2.27. The summed E-state index contributed by atoms with van der Waals surface area (Å²) < 4.78 is 5.27. The van der Waals surface area contributed by atoms with E-state index < -0.39 is 0 Å². The van der Waals surface area contributed by atoms with E-state index in [0.717, 1.165) is 17.9 Å². The molecule has 1 heterocycles. The Kier molecular flexibility index (Phi) is 3.95. The van der Waals surface area contributed by atoms with E-state index in [-0.39, 0.29) is 0 Å². The average molecular weight is 242 g/mol. The van der Waals surface area contributed by atoms with Gasteiger partial charge in [-0.3, -0.25) is 4.98 Å². The number of hydrogen-bond acceptors (Lipinski definition) is 3. The molecule has 0 atom stereocenters. The maximum atomic E-state index is 5.27. The van der Waals surface area contributed by atoms with Crippen molar-refractivity contribution in [2.75, 3.05) is 14.2 Å². The molecule has 0 aliphatic rings. The first-order valence-corrected chi connectivity index (χ1v) is 5.98. The number of pyridine rings is 1. The van der Waals surface area contributed by atoms with Crippen molar-refractivity contribution in [3.63, 3.8) is 0 Å². The maximum absolute atomic E-state index is 5.27. The average Bonchev–Trinajstić information content (AvgIpc) is 2.39. The van der Waals surface area contributed by atoms with Crippen molar-refractivity contribution >= 4 is 0 Å². The molecule has 0 saturated heterocycles. The van der Waals surface area contributed by atoms with Gasteiger partial charge in [-0.2, -0.15) is 0 Å². The zero-order valence-electron chi connectivity index (χ0n) is 11.0. The van der Waals surface area contributed by atoms with Crippen LogP contribution in [0, 0.1) is 6.92 Å². The van der Waals surface area contributed by atoms with Gasteiger partial charge in [0.2, 0.25) is 0 Å². The van der Waals surface area contributed by atoms with E-state index in [4.69, 9.17) is 4.74 Å². The molecule has 3 nitrogen and oxygen atoms in total. The van der Waals surface area contributed by atoms with Gasteiger partial charge in [-0.25, -0.2) is 0 Å². The molecule has 0 unspecified atom stereocenters. The molecule has 2 aromatic rings. The number of nitrogens with zero attached hydrogens (tertiary/aromatic N) is 1. The molecule has 0 spiro atoms. The maximum Gasteiger partial charge on any atom is 0.119 e. The predicted octanol–water partition coefficient (Wildman–Crippen LogP) is 2.79. The first kappa shape index (κ1) is 12.6. The van der Waals surface area contributed by atoms with Crippen molar-refractivity contribution in [2.45, 2.75) is 13.5 Å². The number of methoxy groups -OCH3 is 1. The van der Waals surface area contributed by atoms with Gasteiger partial charge in [0.15, 0.2) is 0 Å². The van der Waals surface area contributed by atoms with Crippen LogP contribution in [-0.2, 0) is 6.54 Å². The second-order valence-corrected chi connectivity index (χ2v) is 4.30. The first-order valence-electron chi connectivity index (χ1n) is 5.98. The van der Waals surface area contributed by atoms with Crippen molar-refractivity contribution in [3.05, 3.63) is 47.8 Å². The fraction of sp³-hybridized carbons (Fsp3) is 0.267. The van der Waals surface area contributed by atoms with Crippen molar-refractivity contribution in [2.24, 2.45) is 0 Å². The Morgan fingerprint density at radius 3 is 2.72 bits per heavy atom. The Bertz CT molecular complexity index is 538. The minimum Gasteiger partial charge on any atom is -0.497 e. The van der Waals surface area contributed by atoms with E-state index >= 15 is 0 Å². The fourth-order valence-electron chi connectivity index (χ4n) is 2.02. The Morgan fingerprint density at radius 1 is 1.22 bits per heavy atom. The van der Waals surface area contributed by atoms with Gasteiger partial charge in [0.05, 0.1) is 7.11 Å². The second kappa shape index (κ2) is 5.65.